The fourth-order valence-corrected chi connectivity index (χ4v) is 2.85. The van der Waals surface area contributed by atoms with Crippen LogP contribution in [0, 0.1) is 0 Å². The first-order chi connectivity index (χ1) is 13.2. The lowest BCUT2D eigenvalue weighted by Gasteiger charge is -2.09. The molecular weight excluding hydrogens is 342 g/mol. The third-order valence-electron chi connectivity index (χ3n) is 4.35. The molecule has 1 amide bonds. The van der Waals surface area contributed by atoms with Crippen molar-refractivity contribution in [2.24, 2.45) is 0 Å². The molecule has 2 aromatic heterocycles. The van der Waals surface area contributed by atoms with Gasteiger partial charge in [-0.25, -0.2) is 4.68 Å². The molecule has 142 valence electrons. The van der Waals surface area contributed by atoms with Gasteiger partial charge in [0.1, 0.15) is 17.1 Å². The summed E-state index contributed by atoms with van der Waals surface area (Å²) in [5, 5.41) is 7.57. The van der Waals surface area contributed by atoms with E-state index in [0.29, 0.717) is 23.7 Å². The molecule has 0 aliphatic carbocycles. The Kier molecular flexibility index (Phi) is 6.30. The van der Waals surface area contributed by atoms with Crippen molar-refractivity contribution in [3.05, 3.63) is 54.4 Å². The number of amides is 1. The predicted octanol–water partition coefficient (Wildman–Crippen LogP) is 4.45. The maximum atomic E-state index is 12.8. The second-order valence-corrected chi connectivity index (χ2v) is 6.32. The van der Waals surface area contributed by atoms with Crippen LogP contribution in [0.1, 0.15) is 43.1 Å². The maximum absolute atomic E-state index is 12.8. The molecule has 27 heavy (non-hydrogen) atoms. The largest absolute Gasteiger partial charge is 0.497 e. The van der Waals surface area contributed by atoms with E-state index in [9.17, 15) is 4.79 Å². The molecule has 0 saturated heterocycles. The third-order valence-corrected chi connectivity index (χ3v) is 4.35. The molecule has 0 atom stereocenters. The van der Waals surface area contributed by atoms with Crippen LogP contribution < -0.4 is 10.1 Å². The number of ether oxygens (including phenoxy) is 1. The van der Waals surface area contributed by atoms with E-state index in [1.54, 1.807) is 30.2 Å². The minimum absolute atomic E-state index is 0.146. The molecule has 1 aromatic carbocycles. The lowest BCUT2D eigenvalue weighted by molar-refractivity contribution is 0.0945. The third kappa shape index (κ3) is 4.58. The summed E-state index contributed by atoms with van der Waals surface area (Å²) in [6.07, 6.45) is 6.04. The average molecular weight is 367 g/mol. The molecule has 6 nitrogen and oxygen atoms in total. The van der Waals surface area contributed by atoms with Crippen molar-refractivity contribution in [2.45, 2.75) is 32.6 Å². The molecule has 0 aliphatic heterocycles. The molecule has 0 aliphatic rings. The van der Waals surface area contributed by atoms with Gasteiger partial charge < -0.3 is 14.5 Å². The molecule has 6 heteroatoms. The van der Waals surface area contributed by atoms with Gasteiger partial charge in [-0.1, -0.05) is 26.2 Å². The lowest BCUT2D eigenvalue weighted by Crippen LogP contribution is -2.26. The van der Waals surface area contributed by atoms with Gasteiger partial charge in [-0.3, -0.25) is 4.79 Å². The monoisotopic (exact) mass is 367 g/mol. The highest BCUT2D eigenvalue weighted by Crippen LogP contribution is 2.23. The van der Waals surface area contributed by atoms with Gasteiger partial charge in [-0.05, 0) is 42.8 Å². The summed E-state index contributed by atoms with van der Waals surface area (Å²) in [4.78, 5) is 12.8. The van der Waals surface area contributed by atoms with Crippen molar-refractivity contribution in [3.8, 4) is 22.9 Å². The fraction of sp³-hybridized carbons (Fsp3) is 0.333. The van der Waals surface area contributed by atoms with Gasteiger partial charge in [-0.2, -0.15) is 5.10 Å². The van der Waals surface area contributed by atoms with E-state index < -0.39 is 0 Å². The number of nitrogens with zero attached hydrogens (tertiary/aromatic N) is 2. The Balaban J connectivity index is 1.85. The maximum Gasteiger partial charge on any atom is 0.270 e. The summed E-state index contributed by atoms with van der Waals surface area (Å²) in [6.45, 7) is 2.82. The number of carbonyl (C=O) groups is 1. The molecule has 0 spiro atoms. The van der Waals surface area contributed by atoms with Crippen molar-refractivity contribution in [2.75, 3.05) is 13.7 Å². The number of hydrogen-bond donors (Lipinski definition) is 1. The molecule has 0 radical (unpaired) electrons. The number of rotatable bonds is 9. The van der Waals surface area contributed by atoms with Crippen LogP contribution >= 0.6 is 0 Å². The molecule has 0 unspecified atom stereocenters. The zero-order chi connectivity index (χ0) is 19.1. The van der Waals surface area contributed by atoms with Crippen LogP contribution in [0.25, 0.3) is 17.1 Å². The van der Waals surface area contributed by atoms with Gasteiger partial charge >= 0.3 is 0 Å². The van der Waals surface area contributed by atoms with E-state index in [2.05, 4.69) is 17.3 Å². The summed E-state index contributed by atoms with van der Waals surface area (Å²) < 4.78 is 12.3. The zero-order valence-electron chi connectivity index (χ0n) is 15.8. The van der Waals surface area contributed by atoms with Gasteiger partial charge in [0.05, 0.1) is 19.1 Å². The topological polar surface area (TPSA) is 69.3 Å². The number of furan rings is 1. The van der Waals surface area contributed by atoms with Gasteiger partial charge in [0.2, 0.25) is 0 Å². The van der Waals surface area contributed by atoms with E-state index in [0.717, 1.165) is 24.3 Å². The Bertz CT molecular complexity index is 851. The first-order valence-corrected chi connectivity index (χ1v) is 9.29. The standard InChI is InChI=1S/C21H25N3O3/c1-3-4-5-6-13-22-21(25)19-15-18(20-8-7-14-27-20)23-24(19)16-9-11-17(26-2)12-10-16/h7-12,14-15H,3-6,13H2,1-2H3,(H,22,25). The van der Waals surface area contributed by atoms with E-state index in [4.69, 9.17) is 9.15 Å². The highest BCUT2D eigenvalue weighted by atomic mass is 16.5. The first-order valence-electron chi connectivity index (χ1n) is 9.29. The zero-order valence-corrected chi connectivity index (χ0v) is 15.8. The highest BCUT2D eigenvalue weighted by molar-refractivity contribution is 5.94. The van der Waals surface area contributed by atoms with Crippen molar-refractivity contribution in [1.82, 2.24) is 15.1 Å². The summed E-state index contributed by atoms with van der Waals surface area (Å²) in [6, 6.07) is 12.8. The summed E-state index contributed by atoms with van der Waals surface area (Å²) in [5.41, 5.74) is 1.87. The summed E-state index contributed by atoms with van der Waals surface area (Å²) in [5.74, 6) is 1.23. The van der Waals surface area contributed by atoms with Crippen LogP contribution in [-0.2, 0) is 0 Å². The van der Waals surface area contributed by atoms with Crippen molar-refractivity contribution < 1.29 is 13.9 Å². The van der Waals surface area contributed by atoms with Crippen molar-refractivity contribution in [3.63, 3.8) is 0 Å². The van der Waals surface area contributed by atoms with Crippen LogP contribution in [0.5, 0.6) is 5.75 Å². The van der Waals surface area contributed by atoms with Crippen molar-refractivity contribution >= 4 is 5.91 Å². The SMILES string of the molecule is CCCCCCNC(=O)c1cc(-c2ccco2)nn1-c1ccc(OC)cc1. The molecule has 1 N–H and O–H groups in total. The number of carbonyl (C=O) groups excluding carboxylic acids is 1. The number of unbranched alkanes of at least 4 members (excludes halogenated alkanes) is 3. The normalized spacial score (nSPS) is 10.7. The number of nitrogens with one attached hydrogen (secondary N) is 1. The Labute approximate surface area is 159 Å². The second kappa shape index (κ2) is 9.07. The Morgan fingerprint density at radius 2 is 2.00 bits per heavy atom. The molecule has 0 fully saturated rings. The number of methoxy groups -OCH3 is 1. The minimum atomic E-state index is -0.146. The van der Waals surface area contributed by atoms with E-state index >= 15 is 0 Å². The minimum Gasteiger partial charge on any atom is -0.497 e. The molecule has 0 bridgehead atoms. The van der Waals surface area contributed by atoms with Gasteiger partial charge in [-0.15, -0.1) is 0 Å². The van der Waals surface area contributed by atoms with Crippen LogP contribution in [0.2, 0.25) is 0 Å². The Morgan fingerprint density at radius 1 is 1.19 bits per heavy atom. The Hall–Kier alpha value is -3.02. The Morgan fingerprint density at radius 3 is 2.67 bits per heavy atom. The van der Waals surface area contributed by atoms with Gasteiger partial charge in [0, 0.05) is 12.6 Å². The summed E-state index contributed by atoms with van der Waals surface area (Å²) >= 11 is 0. The van der Waals surface area contributed by atoms with Crippen LogP contribution in [0.3, 0.4) is 0 Å². The highest BCUT2D eigenvalue weighted by Gasteiger charge is 2.18. The van der Waals surface area contributed by atoms with Crippen LogP contribution in [0.15, 0.2) is 53.1 Å². The summed E-state index contributed by atoms with van der Waals surface area (Å²) in [7, 11) is 1.62. The van der Waals surface area contributed by atoms with E-state index in [1.807, 2.05) is 30.3 Å². The quantitative estimate of drug-likeness (QED) is 0.567. The van der Waals surface area contributed by atoms with Gasteiger partial charge in [0.15, 0.2) is 5.76 Å². The fourth-order valence-electron chi connectivity index (χ4n) is 2.85. The first kappa shape index (κ1) is 18.8. The predicted molar refractivity (Wildman–Crippen MR) is 104 cm³/mol. The van der Waals surface area contributed by atoms with Gasteiger partial charge in [0.25, 0.3) is 5.91 Å². The smallest absolute Gasteiger partial charge is 0.270 e. The second-order valence-electron chi connectivity index (χ2n) is 6.32. The number of benzene rings is 1. The molecular formula is C21H25N3O3. The molecule has 3 aromatic rings. The van der Waals surface area contributed by atoms with Crippen LogP contribution in [0.4, 0.5) is 0 Å². The van der Waals surface area contributed by atoms with Crippen LogP contribution in [-0.4, -0.2) is 29.3 Å². The molecule has 3 rings (SSSR count). The lowest BCUT2D eigenvalue weighted by atomic mass is 10.2. The average Bonchev–Trinajstić information content (AvgIpc) is 3.37. The number of hydrogen-bond acceptors (Lipinski definition) is 4. The van der Waals surface area contributed by atoms with E-state index in [1.165, 1.54) is 12.8 Å². The molecule has 2 heterocycles. The molecule has 0 saturated carbocycles. The number of aromatic nitrogens is 2. The van der Waals surface area contributed by atoms with E-state index in [-0.39, 0.29) is 5.91 Å². The van der Waals surface area contributed by atoms with Crippen molar-refractivity contribution in [1.29, 1.82) is 0 Å².